The molecule has 0 spiro atoms. The molecule has 102 valence electrons. The molecule has 2 rings (SSSR count). The summed E-state index contributed by atoms with van der Waals surface area (Å²) in [5.74, 6) is 0. The zero-order valence-corrected chi connectivity index (χ0v) is 13.3. The first kappa shape index (κ1) is 14.2. The maximum Gasteiger partial charge on any atom is 0.156 e. The predicted octanol–water partition coefficient (Wildman–Crippen LogP) is 3.05. The second kappa shape index (κ2) is 5.84. The summed E-state index contributed by atoms with van der Waals surface area (Å²) in [5.41, 5.74) is 4.70. The van der Waals surface area contributed by atoms with Crippen molar-refractivity contribution < 1.29 is 0 Å². The highest BCUT2D eigenvalue weighted by atomic mass is 79.9. The number of hydrogen-bond donors (Lipinski definition) is 1. The zero-order chi connectivity index (χ0) is 14.0. The molecule has 1 heterocycles. The molecule has 0 unspecified atom stereocenters. The van der Waals surface area contributed by atoms with Gasteiger partial charge in [0.15, 0.2) is 4.60 Å². The van der Waals surface area contributed by atoms with Gasteiger partial charge in [-0.05, 0) is 34.0 Å². The second-order valence-electron chi connectivity index (χ2n) is 5.04. The molecular formula is C14H19BrN4. The van der Waals surface area contributed by atoms with E-state index in [4.69, 9.17) is 0 Å². The first-order valence-corrected chi connectivity index (χ1v) is 7.16. The molecule has 0 saturated heterocycles. The topological polar surface area (TPSA) is 42.7 Å². The summed E-state index contributed by atoms with van der Waals surface area (Å²) in [6.07, 6.45) is 0. The molecule has 0 fully saturated rings. The maximum atomic E-state index is 4.03. The van der Waals surface area contributed by atoms with Crippen LogP contribution in [0.2, 0.25) is 0 Å². The zero-order valence-electron chi connectivity index (χ0n) is 11.7. The summed E-state index contributed by atoms with van der Waals surface area (Å²) in [7, 11) is 1.90. The van der Waals surface area contributed by atoms with Crippen LogP contribution in [0.3, 0.4) is 0 Å². The molecule has 1 N–H and O–H groups in total. The summed E-state index contributed by atoms with van der Waals surface area (Å²) in [6, 6.07) is 6.99. The van der Waals surface area contributed by atoms with Crippen LogP contribution in [0.4, 0.5) is 0 Å². The van der Waals surface area contributed by atoms with Gasteiger partial charge in [-0.1, -0.05) is 37.3 Å². The number of nitrogens with zero attached hydrogens (tertiary/aromatic N) is 3. The quantitative estimate of drug-likeness (QED) is 0.940. The van der Waals surface area contributed by atoms with Crippen LogP contribution in [0.25, 0.3) is 11.3 Å². The van der Waals surface area contributed by atoms with E-state index in [9.17, 15) is 0 Å². The van der Waals surface area contributed by atoms with Crippen molar-refractivity contribution in [2.45, 2.75) is 33.4 Å². The molecule has 0 aliphatic heterocycles. The minimum atomic E-state index is 0.496. The molecule has 0 aliphatic rings. The number of aromatic nitrogens is 3. The summed E-state index contributed by atoms with van der Waals surface area (Å²) in [6.45, 7) is 7.32. The Bertz CT molecular complexity index is 555. The molecular weight excluding hydrogens is 304 g/mol. The third-order valence-corrected chi connectivity index (χ3v) is 3.58. The largest absolute Gasteiger partial charge is 0.310 e. The van der Waals surface area contributed by atoms with Crippen molar-refractivity contribution in [1.82, 2.24) is 20.3 Å². The Labute approximate surface area is 122 Å². The van der Waals surface area contributed by atoms with Gasteiger partial charge in [0, 0.05) is 25.2 Å². The van der Waals surface area contributed by atoms with Crippen LogP contribution in [0.15, 0.2) is 22.8 Å². The van der Waals surface area contributed by atoms with E-state index < -0.39 is 0 Å². The van der Waals surface area contributed by atoms with Gasteiger partial charge in [-0.25, -0.2) is 4.68 Å². The molecule has 4 nitrogen and oxygen atoms in total. The number of hydrogen-bond acceptors (Lipinski definition) is 3. The van der Waals surface area contributed by atoms with E-state index >= 15 is 0 Å². The molecule has 0 bridgehead atoms. The van der Waals surface area contributed by atoms with Gasteiger partial charge in [-0.2, -0.15) is 0 Å². The van der Waals surface area contributed by atoms with Crippen molar-refractivity contribution in [3.8, 4) is 11.3 Å². The van der Waals surface area contributed by atoms with Gasteiger partial charge in [0.25, 0.3) is 0 Å². The fraction of sp³-hybridized carbons (Fsp3) is 0.429. The van der Waals surface area contributed by atoms with Crippen molar-refractivity contribution >= 4 is 15.9 Å². The Morgan fingerprint density at radius 3 is 2.63 bits per heavy atom. The van der Waals surface area contributed by atoms with E-state index in [0.29, 0.717) is 6.04 Å². The smallest absolute Gasteiger partial charge is 0.156 e. The molecule has 0 aliphatic carbocycles. The lowest BCUT2D eigenvalue weighted by molar-refractivity contribution is 0.589. The highest BCUT2D eigenvalue weighted by molar-refractivity contribution is 9.10. The maximum absolute atomic E-state index is 4.03. The molecule has 0 atom stereocenters. The van der Waals surface area contributed by atoms with Gasteiger partial charge in [0.1, 0.15) is 5.69 Å². The SMILES string of the molecule is Cc1cc(CNC(C)C)ccc1-c1c(Br)nnn1C. The Morgan fingerprint density at radius 1 is 1.37 bits per heavy atom. The molecule has 2 aromatic rings. The van der Waals surface area contributed by atoms with Crippen LogP contribution < -0.4 is 5.32 Å². The lowest BCUT2D eigenvalue weighted by atomic mass is 10.0. The van der Waals surface area contributed by atoms with Gasteiger partial charge >= 0.3 is 0 Å². The number of rotatable bonds is 4. The molecule has 0 saturated carbocycles. The number of nitrogens with one attached hydrogen (secondary N) is 1. The van der Waals surface area contributed by atoms with Gasteiger partial charge in [0.05, 0.1) is 0 Å². The highest BCUT2D eigenvalue weighted by Gasteiger charge is 2.12. The third-order valence-electron chi connectivity index (χ3n) is 3.05. The second-order valence-corrected chi connectivity index (χ2v) is 5.79. The van der Waals surface area contributed by atoms with Crippen molar-refractivity contribution in [2.24, 2.45) is 7.05 Å². The Hall–Kier alpha value is -1.20. The van der Waals surface area contributed by atoms with Gasteiger partial charge in [-0.15, -0.1) is 5.10 Å². The number of aryl methyl sites for hydroxylation is 2. The Kier molecular flexibility index (Phi) is 4.37. The minimum absolute atomic E-state index is 0.496. The van der Waals surface area contributed by atoms with Crippen LogP contribution in [-0.4, -0.2) is 21.0 Å². The molecule has 1 aromatic heterocycles. The first-order chi connectivity index (χ1) is 8.99. The summed E-state index contributed by atoms with van der Waals surface area (Å²) in [4.78, 5) is 0. The number of benzene rings is 1. The van der Waals surface area contributed by atoms with E-state index in [0.717, 1.165) is 22.4 Å². The van der Waals surface area contributed by atoms with Crippen molar-refractivity contribution in [3.63, 3.8) is 0 Å². The average molecular weight is 323 g/mol. The first-order valence-electron chi connectivity index (χ1n) is 6.37. The summed E-state index contributed by atoms with van der Waals surface area (Å²) >= 11 is 3.45. The lowest BCUT2D eigenvalue weighted by Gasteiger charge is -2.11. The normalized spacial score (nSPS) is 11.3. The van der Waals surface area contributed by atoms with E-state index in [2.05, 4.69) is 70.5 Å². The van der Waals surface area contributed by atoms with Crippen molar-refractivity contribution in [3.05, 3.63) is 33.9 Å². The summed E-state index contributed by atoms with van der Waals surface area (Å²) < 4.78 is 2.57. The Morgan fingerprint density at radius 2 is 2.11 bits per heavy atom. The van der Waals surface area contributed by atoms with Crippen LogP contribution in [-0.2, 0) is 13.6 Å². The van der Waals surface area contributed by atoms with E-state index in [1.807, 2.05) is 7.05 Å². The van der Waals surface area contributed by atoms with Gasteiger partial charge < -0.3 is 5.32 Å². The minimum Gasteiger partial charge on any atom is -0.310 e. The van der Waals surface area contributed by atoms with E-state index in [-0.39, 0.29) is 0 Å². The van der Waals surface area contributed by atoms with Crippen molar-refractivity contribution in [1.29, 1.82) is 0 Å². The fourth-order valence-electron chi connectivity index (χ4n) is 2.04. The standard InChI is InChI=1S/C14H19BrN4/c1-9(2)16-8-11-5-6-12(10(3)7-11)13-14(15)17-18-19(13)4/h5-7,9,16H,8H2,1-4H3. The van der Waals surface area contributed by atoms with Crippen LogP contribution in [0.1, 0.15) is 25.0 Å². The molecule has 0 radical (unpaired) electrons. The highest BCUT2D eigenvalue weighted by Crippen LogP contribution is 2.28. The van der Waals surface area contributed by atoms with Crippen molar-refractivity contribution in [2.75, 3.05) is 0 Å². The number of halogens is 1. The van der Waals surface area contributed by atoms with E-state index in [1.54, 1.807) is 4.68 Å². The van der Waals surface area contributed by atoms with Gasteiger partial charge in [0.2, 0.25) is 0 Å². The predicted molar refractivity (Wildman–Crippen MR) is 80.9 cm³/mol. The van der Waals surface area contributed by atoms with E-state index in [1.165, 1.54) is 11.1 Å². The average Bonchev–Trinajstić information content (AvgIpc) is 2.67. The molecule has 1 aromatic carbocycles. The molecule has 19 heavy (non-hydrogen) atoms. The molecule has 0 amide bonds. The van der Waals surface area contributed by atoms with Crippen LogP contribution >= 0.6 is 15.9 Å². The summed E-state index contributed by atoms with van der Waals surface area (Å²) in [5, 5.41) is 11.5. The third kappa shape index (κ3) is 3.22. The van der Waals surface area contributed by atoms with Crippen LogP contribution in [0.5, 0.6) is 0 Å². The Balaban J connectivity index is 2.30. The lowest BCUT2D eigenvalue weighted by Crippen LogP contribution is -2.21. The van der Waals surface area contributed by atoms with Gasteiger partial charge in [-0.3, -0.25) is 0 Å². The molecule has 5 heteroatoms. The fourth-order valence-corrected chi connectivity index (χ4v) is 2.58. The van der Waals surface area contributed by atoms with Crippen LogP contribution in [0, 0.1) is 6.92 Å². The monoisotopic (exact) mass is 322 g/mol.